The van der Waals surface area contributed by atoms with Gasteiger partial charge in [-0.2, -0.15) is 0 Å². The number of furan rings is 1. The van der Waals surface area contributed by atoms with E-state index in [2.05, 4.69) is 110 Å². The molecule has 6 rings (SSSR count). The summed E-state index contributed by atoms with van der Waals surface area (Å²) >= 11 is 1.91. The van der Waals surface area contributed by atoms with E-state index >= 15 is 0 Å². The van der Waals surface area contributed by atoms with Crippen molar-refractivity contribution in [1.82, 2.24) is 4.90 Å². The number of benzene rings is 3. The van der Waals surface area contributed by atoms with Gasteiger partial charge in [0.05, 0.1) is 5.70 Å². The van der Waals surface area contributed by atoms with Crippen molar-refractivity contribution in [2.24, 2.45) is 10.9 Å². The third-order valence-corrected chi connectivity index (χ3v) is 9.44. The quantitative estimate of drug-likeness (QED) is 0.118. The van der Waals surface area contributed by atoms with Crippen molar-refractivity contribution in [2.45, 2.75) is 40.5 Å². The maximum atomic E-state index is 6.24. The van der Waals surface area contributed by atoms with Gasteiger partial charge in [0.25, 0.3) is 0 Å². The third kappa shape index (κ3) is 6.13. The van der Waals surface area contributed by atoms with E-state index in [0.29, 0.717) is 12.6 Å². The van der Waals surface area contributed by atoms with Gasteiger partial charge in [-0.1, -0.05) is 112 Å². The van der Waals surface area contributed by atoms with Gasteiger partial charge in [0, 0.05) is 38.2 Å². The van der Waals surface area contributed by atoms with Crippen LogP contribution in [-0.4, -0.2) is 18.6 Å². The highest BCUT2D eigenvalue weighted by Gasteiger charge is 2.18. The number of allylic oxidation sites excluding steroid dienone is 7. The first kappa shape index (κ1) is 31.0. The van der Waals surface area contributed by atoms with Gasteiger partial charge < -0.3 is 9.32 Å². The van der Waals surface area contributed by atoms with Crippen molar-refractivity contribution in [3.8, 4) is 0 Å². The minimum absolute atomic E-state index is 0. The summed E-state index contributed by atoms with van der Waals surface area (Å²) in [6.07, 6.45) is 18.3. The summed E-state index contributed by atoms with van der Waals surface area (Å²) in [7, 11) is 2.04. The van der Waals surface area contributed by atoms with Gasteiger partial charge in [0.15, 0.2) is 5.42 Å². The van der Waals surface area contributed by atoms with E-state index in [1.54, 1.807) is 0 Å². The second-order valence-corrected chi connectivity index (χ2v) is 12.2. The van der Waals surface area contributed by atoms with Crippen molar-refractivity contribution in [3.05, 3.63) is 138 Å². The lowest BCUT2D eigenvalue weighted by Gasteiger charge is -2.22. The molecule has 1 unspecified atom stereocenters. The van der Waals surface area contributed by atoms with Crippen LogP contribution in [-0.2, 0) is 0 Å². The molecule has 0 saturated heterocycles. The first-order valence-electron chi connectivity index (χ1n) is 15.1. The molecular weight excluding hydrogens is 557 g/mol. The third-order valence-electron chi connectivity index (χ3n) is 8.22. The van der Waals surface area contributed by atoms with Crippen LogP contribution in [0.3, 0.4) is 0 Å². The Labute approximate surface area is 265 Å². The Bertz CT molecular complexity index is 2050. The summed E-state index contributed by atoms with van der Waals surface area (Å²) < 4.78 is 9.00. The normalized spacial score (nSPS) is 14.9. The fourth-order valence-corrected chi connectivity index (χ4v) is 7.17. The highest BCUT2D eigenvalue weighted by atomic mass is 32.1. The molecule has 0 bridgehead atoms. The minimum atomic E-state index is 0. The summed E-state index contributed by atoms with van der Waals surface area (Å²) in [6.45, 7) is 9.17. The van der Waals surface area contributed by atoms with E-state index in [-0.39, 0.29) is 7.43 Å². The fraction of sp³-hybridized carbons (Fsp3) is 0.225. The Kier molecular flexibility index (Phi) is 9.82. The Morgan fingerprint density at radius 2 is 1.80 bits per heavy atom. The molecule has 224 valence electrons. The number of rotatable bonds is 10. The van der Waals surface area contributed by atoms with Crippen LogP contribution in [0, 0.1) is 5.92 Å². The zero-order chi connectivity index (χ0) is 29.8. The molecule has 1 aliphatic heterocycles. The largest absolute Gasteiger partial charge is 0.452 e. The molecule has 0 fully saturated rings. The highest BCUT2D eigenvalue weighted by Crippen LogP contribution is 2.39. The lowest BCUT2D eigenvalue weighted by atomic mass is 9.94. The maximum Gasteiger partial charge on any atom is 0.177 e. The van der Waals surface area contributed by atoms with E-state index in [9.17, 15) is 0 Å². The van der Waals surface area contributed by atoms with Gasteiger partial charge in [-0.3, -0.25) is 4.99 Å². The summed E-state index contributed by atoms with van der Waals surface area (Å²) in [5.74, 6) is 0.505. The molecule has 3 heterocycles. The van der Waals surface area contributed by atoms with Crippen molar-refractivity contribution >= 4 is 53.7 Å². The average molecular weight is 599 g/mol. The molecule has 0 radical (unpaired) electrons. The fourth-order valence-electron chi connectivity index (χ4n) is 5.92. The van der Waals surface area contributed by atoms with E-state index < -0.39 is 0 Å². The second kappa shape index (κ2) is 13.9. The Morgan fingerprint density at radius 1 is 1.02 bits per heavy atom. The summed E-state index contributed by atoms with van der Waals surface area (Å²) in [5, 5.41) is 4.71. The van der Waals surface area contributed by atoms with Gasteiger partial charge in [0.1, 0.15) is 17.6 Å². The molecular formula is C40H42N2OS. The SMILES string of the molecule is C.C=C/C(=C\C=C/C/C=C/C(C)CC/C(=C\C)c1cccc2c1sc1ccccc12)C1=c2oc3ccccc3c2=NCN1C. The molecule has 44 heavy (non-hydrogen) atoms. The number of hydrogen-bond acceptors (Lipinski definition) is 4. The van der Waals surface area contributed by atoms with Crippen LogP contribution in [0.4, 0.5) is 0 Å². The summed E-state index contributed by atoms with van der Waals surface area (Å²) in [6, 6.07) is 23.6. The van der Waals surface area contributed by atoms with Crippen molar-refractivity contribution < 1.29 is 4.42 Å². The lowest BCUT2D eigenvalue weighted by molar-refractivity contribution is 0.449. The van der Waals surface area contributed by atoms with Crippen molar-refractivity contribution in [2.75, 3.05) is 13.7 Å². The van der Waals surface area contributed by atoms with Crippen LogP contribution in [0.25, 0.3) is 42.4 Å². The predicted molar refractivity (Wildman–Crippen MR) is 192 cm³/mol. The molecule has 0 spiro atoms. The van der Waals surface area contributed by atoms with Gasteiger partial charge in [-0.05, 0) is 61.4 Å². The zero-order valence-electron chi connectivity index (χ0n) is 25.2. The van der Waals surface area contributed by atoms with Gasteiger partial charge in [-0.15, -0.1) is 11.3 Å². The molecule has 0 N–H and O–H groups in total. The molecule has 1 atom stereocenters. The molecule has 0 aliphatic carbocycles. The minimum Gasteiger partial charge on any atom is -0.452 e. The van der Waals surface area contributed by atoms with E-state index in [4.69, 9.17) is 9.41 Å². The van der Waals surface area contributed by atoms with Gasteiger partial charge >= 0.3 is 0 Å². The summed E-state index contributed by atoms with van der Waals surface area (Å²) in [5.41, 5.74) is 6.54. The average Bonchev–Trinajstić information content (AvgIpc) is 3.60. The molecule has 5 aromatic rings. The van der Waals surface area contributed by atoms with Gasteiger partial charge in [0.2, 0.25) is 0 Å². The number of hydrogen-bond donors (Lipinski definition) is 0. The number of para-hydroxylation sites is 1. The van der Waals surface area contributed by atoms with Gasteiger partial charge in [-0.25, -0.2) is 0 Å². The summed E-state index contributed by atoms with van der Waals surface area (Å²) in [4.78, 5) is 6.88. The van der Waals surface area contributed by atoms with Crippen LogP contribution in [0.1, 0.15) is 46.1 Å². The number of thiophene rings is 1. The Balaban J connectivity index is 0.00000384. The maximum absolute atomic E-state index is 6.24. The lowest BCUT2D eigenvalue weighted by Crippen LogP contribution is -2.37. The molecule has 3 nitrogen and oxygen atoms in total. The standard InChI is InChI=1S/C39H38N2OS.CH4/c1-5-28(30-20-15-21-32-31-18-12-14-23-35(31)43-39(30)32)25-24-27(3)16-9-7-8-10-17-29(6-2)37-38-36(40-26-41(37)4)33-19-11-13-22-34(33)42-38;/h5-6,8-23,27H,2,7,24-26H2,1,3-4H3;1H4/b10-8-,16-9+,28-5+,29-17+;. The predicted octanol–water partition coefficient (Wildman–Crippen LogP) is 10.2. The number of fused-ring (bicyclic) bond motifs is 6. The first-order chi connectivity index (χ1) is 21.1. The van der Waals surface area contributed by atoms with Crippen molar-refractivity contribution in [3.63, 3.8) is 0 Å². The van der Waals surface area contributed by atoms with Crippen LogP contribution >= 0.6 is 11.3 Å². The second-order valence-electron chi connectivity index (χ2n) is 11.2. The van der Waals surface area contributed by atoms with E-state index in [1.165, 1.54) is 31.3 Å². The van der Waals surface area contributed by atoms with E-state index in [0.717, 1.165) is 52.3 Å². The molecule has 4 heteroatoms. The Morgan fingerprint density at radius 3 is 2.61 bits per heavy atom. The Hall–Kier alpha value is -4.41. The smallest absolute Gasteiger partial charge is 0.177 e. The van der Waals surface area contributed by atoms with E-state index in [1.807, 2.05) is 42.7 Å². The van der Waals surface area contributed by atoms with Crippen LogP contribution in [0.2, 0.25) is 0 Å². The topological polar surface area (TPSA) is 28.7 Å². The molecule has 0 amide bonds. The molecule has 2 aromatic heterocycles. The zero-order valence-corrected chi connectivity index (χ0v) is 26.0. The first-order valence-corrected chi connectivity index (χ1v) is 15.9. The van der Waals surface area contributed by atoms with Crippen LogP contribution in [0.5, 0.6) is 0 Å². The van der Waals surface area contributed by atoms with Crippen molar-refractivity contribution in [1.29, 1.82) is 0 Å². The molecule has 3 aromatic carbocycles. The highest BCUT2D eigenvalue weighted by molar-refractivity contribution is 7.26. The van der Waals surface area contributed by atoms with Crippen LogP contribution < -0.4 is 10.8 Å². The molecule has 0 saturated carbocycles. The monoisotopic (exact) mass is 598 g/mol. The molecule has 1 aliphatic rings. The number of likely N-dealkylation sites (N-methyl/N-ethyl adjacent to an activating group) is 1. The van der Waals surface area contributed by atoms with Crippen LogP contribution in [0.15, 0.2) is 131 Å². The number of nitrogens with zero attached hydrogens (tertiary/aromatic N) is 2.